The predicted octanol–water partition coefficient (Wildman–Crippen LogP) is 4.44. The maximum Gasteiger partial charge on any atom is 0.259 e. The monoisotopic (exact) mass is 525 g/mol. The van der Waals surface area contributed by atoms with E-state index in [0.717, 1.165) is 42.9 Å². The summed E-state index contributed by atoms with van der Waals surface area (Å²) in [6.07, 6.45) is 7.50. The number of benzene rings is 2. The van der Waals surface area contributed by atoms with Gasteiger partial charge in [0.05, 0.1) is 0 Å². The van der Waals surface area contributed by atoms with Gasteiger partial charge in [0.2, 0.25) is 0 Å². The Kier molecular flexibility index (Phi) is 5.89. The van der Waals surface area contributed by atoms with Crippen LogP contribution in [0.4, 0.5) is 0 Å². The number of amides is 2. The number of nitrogens with one attached hydrogen (secondary N) is 1. The molecule has 39 heavy (non-hydrogen) atoms. The van der Waals surface area contributed by atoms with Crippen LogP contribution < -0.4 is 5.32 Å². The molecule has 6 heteroatoms. The van der Waals surface area contributed by atoms with Gasteiger partial charge in [-0.2, -0.15) is 0 Å². The lowest BCUT2D eigenvalue weighted by Crippen LogP contribution is -2.63. The first kappa shape index (κ1) is 24.9. The van der Waals surface area contributed by atoms with Crippen molar-refractivity contribution in [1.29, 1.82) is 0 Å². The molecule has 3 heterocycles. The van der Waals surface area contributed by atoms with E-state index in [4.69, 9.17) is 0 Å². The summed E-state index contributed by atoms with van der Waals surface area (Å²) in [6.45, 7) is 7.87. The van der Waals surface area contributed by atoms with Gasteiger partial charge in [-0.05, 0) is 105 Å². The number of hydrogen-bond acceptors (Lipinski definition) is 4. The average molecular weight is 526 g/mol. The number of fused-ring (bicyclic) bond motifs is 3. The molecule has 0 spiro atoms. The molecule has 2 aliphatic carbocycles. The third kappa shape index (κ3) is 4.19. The van der Waals surface area contributed by atoms with Crippen molar-refractivity contribution in [2.24, 2.45) is 17.8 Å². The Bertz CT molecular complexity index is 1340. The quantitative estimate of drug-likeness (QED) is 0.579. The molecule has 2 aromatic rings. The molecule has 2 unspecified atom stereocenters. The Labute approximate surface area is 231 Å². The summed E-state index contributed by atoms with van der Waals surface area (Å²) in [5.41, 5.74) is 4.97. The summed E-state index contributed by atoms with van der Waals surface area (Å²) >= 11 is 0. The Morgan fingerprint density at radius 2 is 1.87 bits per heavy atom. The second-order valence-electron chi connectivity index (χ2n) is 12.9. The molecular formula is C33H39N3O3. The number of likely N-dealkylation sites (tertiary alicyclic amines) is 1. The molecule has 5 atom stereocenters. The average Bonchev–Trinajstić information content (AvgIpc) is 3.64. The highest BCUT2D eigenvalue weighted by Gasteiger charge is 2.55. The van der Waals surface area contributed by atoms with E-state index >= 15 is 0 Å². The van der Waals surface area contributed by atoms with Gasteiger partial charge < -0.3 is 20.2 Å². The van der Waals surface area contributed by atoms with Gasteiger partial charge in [-0.25, -0.2) is 0 Å². The number of aromatic hydroxyl groups is 1. The number of carbonyl (C=O) groups is 2. The first-order chi connectivity index (χ1) is 18.8. The zero-order chi connectivity index (χ0) is 26.9. The van der Waals surface area contributed by atoms with Crippen LogP contribution in [0, 0.1) is 24.7 Å². The normalized spacial score (nSPS) is 32.1. The summed E-state index contributed by atoms with van der Waals surface area (Å²) in [6, 6.07) is 14.3. The van der Waals surface area contributed by atoms with Crippen LogP contribution in [0.5, 0.6) is 5.75 Å². The molecule has 0 aromatic heterocycles. The highest BCUT2D eigenvalue weighted by molar-refractivity contribution is 6.19. The lowest BCUT2D eigenvalue weighted by atomic mass is 9.52. The van der Waals surface area contributed by atoms with Crippen molar-refractivity contribution >= 4 is 11.8 Å². The highest BCUT2D eigenvalue weighted by Crippen LogP contribution is 2.55. The number of rotatable bonds is 4. The Morgan fingerprint density at radius 3 is 2.59 bits per heavy atom. The number of aryl methyl sites for hydroxylation is 1. The van der Waals surface area contributed by atoms with Crippen molar-refractivity contribution in [3.05, 3.63) is 76.4 Å². The second kappa shape index (κ2) is 9.22. The summed E-state index contributed by atoms with van der Waals surface area (Å²) in [5.74, 6) is 1.26. The minimum absolute atomic E-state index is 0.00925. The van der Waals surface area contributed by atoms with Crippen molar-refractivity contribution in [3.8, 4) is 5.75 Å². The van der Waals surface area contributed by atoms with E-state index in [1.165, 1.54) is 30.5 Å². The number of hydrogen-bond donors (Lipinski definition) is 2. The zero-order valence-electron chi connectivity index (χ0n) is 23.0. The topological polar surface area (TPSA) is 72.9 Å². The Hall–Kier alpha value is -3.12. The molecule has 7 rings (SSSR count). The van der Waals surface area contributed by atoms with E-state index in [2.05, 4.69) is 36.2 Å². The van der Waals surface area contributed by atoms with Gasteiger partial charge in [0.15, 0.2) is 0 Å². The standard InChI is InChI=1S/C33H39N3O3/c1-20-7-10-26(37)15-28(20)33-11-12-35(17-22-8-9-22)21(2)29(33)14-25-13-27(31(38)34-30(25)16-33)32(39)36-18-23-5-3-4-6-24(23)19-36/h3-7,10,13,15,21-22,25,29-30,37H,8-9,11-12,14,16-19H2,1-2H3,(H,34,38)/t21-,25?,29+,30?,33-/m1/s1. The van der Waals surface area contributed by atoms with Gasteiger partial charge >= 0.3 is 0 Å². The largest absolute Gasteiger partial charge is 0.508 e. The third-order valence-corrected chi connectivity index (χ3v) is 10.6. The van der Waals surface area contributed by atoms with Crippen LogP contribution in [0.1, 0.15) is 61.3 Å². The molecule has 2 N–H and O–H groups in total. The molecule has 2 amide bonds. The second-order valence-corrected chi connectivity index (χ2v) is 12.9. The van der Waals surface area contributed by atoms with Gasteiger partial charge in [0, 0.05) is 37.1 Å². The Balaban J connectivity index is 1.21. The molecule has 5 aliphatic rings. The fourth-order valence-electron chi connectivity index (χ4n) is 8.30. The fourth-order valence-corrected chi connectivity index (χ4v) is 8.30. The first-order valence-corrected chi connectivity index (χ1v) is 14.8. The molecule has 2 saturated carbocycles. The number of phenolic OH excluding ortho intramolecular Hbond substituents is 1. The minimum atomic E-state index is -0.238. The molecule has 0 bridgehead atoms. The molecule has 0 radical (unpaired) electrons. The van der Waals surface area contributed by atoms with Crippen LogP contribution in [-0.4, -0.2) is 51.9 Å². The van der Waals surface area contributed by atoms with Crippen molar-refractivity contribution < 1.29 is 14.7 Å². The van der Waals surface area contributed by atoms with Crippen molar-refractivity contribution in [3.63, 3.8) is 0 Å². The lowest BCUT2D eigenvalue weighted by Gasteiger charge is -2.58. The smallest absolute Gasteiger partial charge is 0.259 e. The van der Waals surface area contributed by atoms with Crippen LogP contribution in [-0.2, 0) is 28.1 Å². The molecule has 2 aromatic carbocycles. The number of phenols is 1. The third-order valence-electron chi connectivity index (χ3n) is 10.6. The van der Waals surface area contributed by atoms with Gasteiger partial charge in [-0.15, -0.1) is 0 Å². The van der Waals surface area contributed by atoms with E-state index in [-0.39, 0.29) is 29.2 Å². The van der Waals surface area contributed by atoms with E-state index < -0.39 is 0 Å². The van der Waals surface area contributed by atoms with E-state index in [0.29, 0.717) is 36.4 Å². The summed E-state index contributed by atoms with van der Waals surface area (Å²) in [5, 5.41) is 13.8. The highest BCUT2D eigenvalue weighted by atomic mass is 16.3. The number of nitrogens with zero attached hydrogens (tertiary/aromatic N) is 2. The van der Waals surface area contributed by atoms with Crippen molar-refractivity contribution in [2.45, 2.75) is 76.5 Å². The molecule has 6 nitrogen and oxygen atoms in total. The number of carbonyl (C=O) groups excluding carboxylic acids is 2. The van der Waals surface area contributed by atoms with Gasteiger partial charge in [0.1, 0.15) is 11.3 Å². The molecular weight excluding hydrogens is 486 g/mol. The van der Waals surface area contributed by atoms with E-state index in [1.807, 2.05) is 30.3 Å². The molecule has 204 valence electrons. The number of piperidine rings is 1. The van der Waals surface area contributed by atoms with Gasteiger partial charge in [-0.3, -0.25) is 9.59 Å². The molecule has 1 saturated heterocycles. The van der Waals surface area contributed by atoms with Crippen LogP contribution in [0.2, 0.25) is 0 Å². The SMILES string of the molecule is Cc1ccc(O)cc1[C@]12CCN(CC3CC3)[C@H](C)[C@@H]1CC1C=C(C(=O)N3Cc4ccccc4C3)C(=O)NC1C2. The van der Waals surface area contributed by atoms with Gasteiger partial charge in [0.25, 0.3) is 11.8 Å². The fraction of sp³-hybridized carbons (Fsp3) is 0.515. The van der Waals surface area contributed by atoms with Crippen molar-refractivity contribution in [1.82, 2.24) is 15.1 Å². The van der Waals surface area contributed by atoms with Crippen LogP contribution in [0.25, 0.3) is 0 Å². The maximum atomic E-state index is 13.6. The van der Waals surface area contributed by atoms with Crippen molar-refractivity contribution in [2.75, 3.05) is 13.1 Å². The van der Waals surface area contributed by atoms with Crippen LogP contribution >= 0.6 is 0 Å². The first-order valence-electron chi connectivity index (χ1n) is 14.8. The summed E-state index contributed by atoms with van der Waals surface area (Å²) in [7, 11) is 0. The zero-order valence-corrected chi connectivity index (χ0v) is 23.0. The lowest BCUT2D eigenvalue weighted by molar-refractivity contribution is -0.132. The molecule has 3 aliphatic heterocycles. The van der Waals surface area contributed by atoms with E-state index in [9.17, 15) is 14.7 Å². The summed E-state index contributed by atoms with van der Waals surface area (Å²) in [4.78, 5) is 31.5. The van der Waals surface area contributed by atoms with Crippen LogP contribution in [0.15, 0.2) is 54.1 Å². The van der Waals surface area contributed by atoms with Crippen LogP contribution in [0.3, 0.4) is 0 Å². The van der Waals surface area contributed by atoms with Gasteiger partial charge in [-0.1, -0.05) is 36.4 Å². The van der Waals surface area contributed by atoms with E-state index in [1.54, 1.807) is 11.0 Å². The maximum absolute atomic E-state index is 13.6. The molecule has 3 fully saturated rings. The minimum Gasteiger partial charge on any atom is -0.508 e. The summed E-state index contributed by atoms with van der Waals surface area (Å²) < 4.78 is 0. The predicted molar refractivity (Wildman–Crippen MR) is 150 cm³/mol. The Morgan fingerprint density at radius 1 is 1.13 bits per heavy atom.